The first-order valence-corrected chi connectivity index (χ1v) is 3.94. The van der Waals surface area contributed by atoms with Crippen molar-refractivity contribution < 1.29 is 19.0 Å². The van der Waals surface area contributed by atoms with E-state index in [0.29, 0.717) is 12.4 Å². The van der Waals surface area contributed by atoms with Crippen LogP contribution in [0.5, 0.6) is 5.75 Å². The molecule has 2 rings (SSSR count). The number of halogens is 1. The van der Waals surface area contributed by atoms with Crippen molar-refractivity contribution in [2.75, 3.05) is 6.79 Å². The molecule has 1 aliphatic heterocycles. The molecule has 0 aromatic heterocycles. The zero-order valence-corrected chi connectivity index (χ0v) is 6.92. The van der Waals surface area contributed by atoms with Crippen LogP contribution >= 0.6 is 0 Å². The first kappa shape index (κ1) is 8.47. The van der Waals surface area contributed by atoms with Gasteiger partial charge in [-0.2, -0.15) is 0 Å². The number of rotatable bonds is 1. The van der Waals surface area contributed by atoms with Crippen LogP contribution in [-0.2, 0) is 18.0 Å². The van der Waals surface area contributed by atoms with E-state index in [0.717, 1.165) is 5.56 Å². The van der Waals surface area contributed by atoms with Crippen molar-refractivity contribution in [3.05, 3.63) is 29.1 Å². The molecule has 0 saturated heterocycles. The van der Waals surface area contributed by atoms with E-state index in [1.807, 2.05) is 0 Å². The van der Waals surface area contributed by atoms with E-state index < -0.39 is 5.82 Å². The lowest BCUT2D eigenvalue weighted by Gasteiger charge is -2.20. The third kappa shape index (κ3) is 1.38. The SMILES string of the molecule is OCc1c(F)ccc2c1OCOC2. The molecule has 4 heteroatoms. The van der Waals surface area contributed by atoms with Gasteiger partial charge >= 0.3 is 0 Å². The molecule has 0 saturated carbocycles. The monoisotopic (exact) mass is 184 g/mol. The minimum absolute atomic E-state index is 0.115. The van der Waals surface area contributed by atoms with Crippen molar-refractivity contribution >= 4 is 0 Å². The van der Waals surface area contributed by atoms with Crippen molar-refractivity contribution in [3.8, 4) is 5.75 Å². The molecule has 1 N–H and O–H groups in total. The first-order valence-electron chi connectivity index (χ1n) is 3.94. The lowest BCUT2D eigenvalue weighted by Crippen LogP contribution is -2.13. The van der Waals surface area contributed by atoms with Gasteiger partial charge in [-0.3, -0.25) is 0 Å². The predicted molar refractivity (Wildman–Crippen MR) is 42.6 cm³/mol. The van der Waals surface area contributed by atoms with Crippen molar-refractivity contribution in [3.63, 3.8) is 0 Å². The highest BCUT2D eigenvalue weighted by Crippen LogP contribution is 2.29. The van der Waals surface area contributed by atoms with Crippen LogP contribution in [0.25, 0.3) is 0 Å². The second kappa shape index (κ2) is 3.32. The van der Waals surface area contributed by atoms with E-state index in [9.17, 15) is 4.39 Å². The lowest BCUT2D eigenvalue weighted by atomic mass is 10.1. The van der Waals surface area contributed by atoms with Crippen molar-refractivity contribution in [1.29, 1.82) is 0 Å². The van der Waals surface area contributed by atoms with Gasteiger partial charge in [-0.1, -0.05) is 6.07 Å². The molecule has 0 spiro atoms. The van der Waals surface area contributed by atoms with Crippen LogP contribution in [0.4, 0.5) is 4.39 Å². The summed E-state index contributed by atoms with van der Waals surface area (Å²) in [5.41, 5.74) is 0.984. The largest absolute Gasteiger partial charge is 0.467 e. The maximum Gasteiger partial charge on any atom is 0.189 e. The highest BCUT2D eigenvalue weighted by atomic mass is 19.1. The fourth-order valence-electron chi connectivity index (χ4n) is 1.35. The summed E-state index contributed by atoms with van der Waals surface area (Å²) in [5, 5.41) is 8.91. The molecule has 1 aliphatic rings. The van der Waals surface area contributed by atoms with Gasteiger partial charge in [0.1, 0.15) is 11.6 Å². The number of benzene rings is 1. The van der Waals surface area contributed by atoms with Gasteiger partial charge in [0.25, 0.3) is 0 Å². The molecule has 0 unspecified atom stereocenters. The van der Waals surface area contributed by atoms with Crippen LogP contribution in [-0.4, -0.2) is 11.9 Å². The van der Waals surface area contributed by atoms with Gasteiger partial charge in [-0.15, -0.1) is 0 Å². The average molecular weight is 184 g/mol. The van der Waals surface area contributed by atoms with Crippen LogP contribution in [0.15, 0.2) is 12.1 Å². The Morgan fingerprint density at radius 2 is 2.31 bits per heavy atom. The zero-order valence-electron chi connectivity index (χ0n) is 6.92. The summed E-state index contributed by atoms with van der Waals surface area (Å²) in [5.74, 6) is -0.0168. The molecular formula is C9H9FO3. The van der Waals surface area contributed by atoms with Crippen LogP contribution in [0, 0.1) is 5.82 Å². The molecule has 0 atom stereocenters. The Bertz CT molecular complexity index is 325. The summed E-state index contributed by atoms with van der Waals surface area (Å²) < 4.78 is 23.2. The normalized spacial score (nSPS) is 14.9. The molecule has 13 heavy (non-hydrogen) atoms. The Morgan fingerprint density at radius 1 is 1.46 bits per heavy atom. The molecule has 1 aromatic rings. The third-order valence-electron chi connectivity index (χ3n) is 1.99. The topological polar surface area (TPSA) is 38.7 Å². The molecule has 0 fully saturated rings. The average Bonchev–Trinajstić information content (AvgIpc) is 2.18. The van der Waals surface area contributed by atoms with E-state index in [1.165, 1.54) is 6.07 Å². The zero-order chi connectivity index (χ0) is 9.26. The van der Waals surface area contributed by atoms with E-state index >= 15 is 0 Å². The number of ether oxygens (including phenoxy) is 2. The lowest BCUT2D eigenvalue weighted by molar-refractivity contribution is -0.0180. The molecule has 3 nitrogen and oxygen atoms in total. The minimum atomic E-state index is -0.442. The molecular weight excluding hydrogens is 175 g/mol. The molecule has 0 aliphatic carbocycles. The van der Waals surface area contributed by atoms with E-state index in [4.69, 9.17) is 14.6 Å². The standard InChI is InChI=1S/C9H9FO3/c10-8-2-1-6-4-12-5-13-9(6)7(8)3-11/h1-2,11H,3-5H2. The van der Waals surface area contributed by atoms with Gasteiger partial charge in [-0.05, 0) is 6.07 Å². The van der Waals surface area contributed by atoms with Crippen molar-refractivity contribution in [2.24, 2.45) is 0 Å². The van der Waals surface area contributed by atoms with Crippen LogP contribution in [0.3, 0.4) is 0 Å². The molecule has 1 heterocycles. The fourth-order valence-corrected chi connectivity index (χ4v) is 1.35. The number of fused-ring (bicyclic) bond motifs is 1. The van der Waals surface area contributed by atoms with E-state index in [2.05, 4.69) is 0 Å². The first-order chi connectivity index (χ1) is 6.33. The molecule has 0 radical (unpaired) electrons. The van der Waals surface area contributed by atoms with Gasteiger partial charge in [0.2, 0.25) is 0 Å². The summed E-state index contributed by atoms with van der Waals surface area (Å²) in [6.07, 6.45) is 0. The molecule has 0 bridgehead atoms. The highest BCUT2D eigenvalue weighted by molar-refractivity contribution is 5.42. The number of hydrogen-bond acceptors (Lipinski definition) is 3. The summed E-state index contributed by atoms with van der Waals surface area (Å²) in [6, 6.07) is 2.91. The number of hydrogen-bond donors (Lipinski definition) is 1. The van der Waals surface area contributed by atoms with Crippen molar-refractivity contribution in [1.82, 2.24) is 0 Å². The smallest absolute Gasteiger partial charge is 0.189 e. The van der Waals surface area contributed by atoms with Crippen LogP contribution < -0.4 is 4.74 Å². The van der Waals surface area contributed by atoms with E-state index in [-0.39, 0.29) is 19.0 Å². The van der Waals surface area contributed by atoms with Gasteiger partial charge in [0.05, 0.1) is 18.8 Å². The Hall–Kier alpha value is -1.13. The molecule has 0 amide bonds. The molecule has 70 valence electrons. The fraction of sp³-hybridized carbons (Fsp3) is 0.333. The van der Waals surface area contributed by atoms with E-state index in [1.54, 1.807) is 6.07 Å². The summed E-state index contributed by atoms with van der Waals surface area (Å²) in [7, 11) is 0. The second-order valence-electron chi connectivity index (χ2n) is 2.78. The van der Waals surface area contributed by atoms with Crippen LogP contribution in [0.1, 0.15) is 11.1 Å². The Morgan fingerprint density at radius 3 is 3.08 bits per heavy atom. The number of aliphatic hydroxyl groups excluding tert-OH is 1. The Kier molecular flexibility index (Phi) is 2.16. The number of aliphatic hydroxyl groups is 1. The predicted octanol–water partition coefficient (Wildman–Crippen LogP) is 1.18. The van der Waals surface area contributed by atoms with Gasteiger partial charge in [0, 0.05) is 5.56 Å². The van der Waals surface area contributed by atoms with Gasteiger partial charge < -0.3 is 14.6 Å². The second-order valence-corrected chi connectivity index (χ2v) is 2.78. The Balaban J connectivity index is 2.52. The third-order valence-corrected chi connectivity index (χ3v) is 1.99. The molecule has 1 aromatic carbocycles. The quantitative estimate of drug-likeness (QED) is 0.712. The van der Waals surface area contributed by atoms with Crippen molar-refractivity contribution in [2.45, 2.75) is 13.2 Å². The van der Waals surface area contributed by atoms with Gasteiger partial charge in [-0.25, -0.2) is 4.39 Å². The Labute approximate surface area is 74.7 Å². The summed E-state index contributed by atoms with van der Waals surface area (Å²) in [4.78, 5) is 0. The summed E-state index contributed by atoms with van der Waals surface area (Å²) in [6.45, 7) is 0.168. The van der Waals surface area contributed by atoms with Crippen LogP contribution in [0.2, 0.25) is 0 Å². The summed E-state index contributed by atoms with van der Waals surface area (Å²) >= 11 is 0. The highest BCUT2D eigenvalue weighted by Gasteiger charge is 2.17. The van der Waals surface area contributed by atoms with Gasteiger partial charge in [0.15, 0.2) is 6.79 Å². The minimum Gasteiger partial charge on any atom is -0.467 e. The maximum atomic E-state index is 13.1. The maximum absolute atomic E-state index is 13.1.